The van der Waals surface area contributed by atoms with E-state index in [9.17, 15) is 4.79 Å². The van der Waals surface area contributed by atoms with E-state index in [4.69, 9.17) is 0 Å². The van der Waals surface area contributed by atoms with E-state index in [0.29, 0.717) is 5.91 Å². The summed E-state index contributed by atoms with van der Waals surface area (Å²) in [5, 5.41) is 3.31. The molecule has 1 saturated heterocycles. The monoisotopic (exact) mass is 274 g/mol. The van der Waals surface area contributed by atoms with Crippen LogP contribution in [0.15, 0.2) is 18.2 Å². The number of aryl methyl sites for hydroxylation is 2. The van der Waals surface area contributed by atoms with Gasteiger partial charge in [0.05, 0.1) is 5.92 Å². The number of piperazine rings is 1. The first-order valence-electron chi connectivity index (χ1n) is 7.70. The van der Waals surface area contributed by atoms with Gasteiger partial charge in [-0.05, 0) is 31.4 Å². The van der Waals surface area contributed by atoms with Crippen LogP contribution in [-0.4, -0.2) is 37.0 Å². The summed E-state index contributed by atoms with van der Waals surface area (Å²) in [6, 6.07) is 6.45. The normalized spacial score (nSPS) is 17.1. The summed E-state index contributed by atoms with van der Waals surface area (Å²) >= 11 is 0. The minimum atomic E-state index is 0.0266. The van der Waals surface area contributed by atoms with Gasteiger partial charge >= 0.3 is 0 Å². The summed E-state index contributed by atoms with van der Waals surface area (Å²) in [7, 11) is 0. The third-order valence-corrected chi connectivity index (χ3v) is 4.10. The Hall–Kier alpha value is -1.35. The average molecular weight is 274 g/mol. The quantitative estimate of drug-likeness (QED) is 0.915. The summed E-state index contributed by atoms with van der Waals surface area (Å²) in [6.45, 7) is 9.88. The van der Waals surface area contributed by atoms with Gasteiger partial charge < -0.3 is 10.2 Å². The molecule has 0 spiro atoms. The fourth-order valence-corrected chi connectivity index (χ4v) is 3.02. The Balaban J connectivity index is 2.22. The molecular weight excluding hydrogens is 248 g/mol. The molecule has 0 aliphatic carbocycles. The van der Waals surface area contributed by atoms with E-state index in [-0.39, 0.29) is 5.92 Å². The molecule has 1 amide bonds. The van der Waals surface area contributed by atoms with Crippen LogP contribution in [-0.2, 0) is 4.79 Å². The van der Waals surface area contributed by atoms with Crippen molar-refractivity contribution in [2.45, 2.75) is 39.5 Å². The highest BCUT2D eigenvalue weighted by atomic mass is 16.2. The molecule has 0 bridgehead atoms. The van der Waals surface area contributed by atoms with Gasteiger partial charge in [-0.15, -0.1) is 0 Å². The van der Waals surface area contributed by atoms with E-state index in [1.165, 1.54) is 16.7 Å². The third kappa shape index (κ3) is 3.40. The third-order valence-electron chi connectivity index (χ3n) is 4.10. The first-order chi connectivity index (χ1) is 9.63. The van der Waals surface area contributed by atoms with Crippen LogP contribution >= 0.6 is 0 Å². The van der Waals surface area contributed by atoms with Crippen LogP contribution in [0.3, 0.4) is 0 Å². The number of amides is 1. The first kappa shape index (κ1) is 15.0. The molecule has 1 heterocycles. The van der Waals surface area contributed by atoms with Gasteiger partial charge in [0.25, 0.3) is 0 Å². The molecule has 1 aliphatic rings. The summed E-state index contributed by atoms with van der Waals surface area (Å²) in [4.78, 5) is 14.8. The smallest absolute Gasteiger partial charge is 0.230 e. The molecular formula is C17H26N2O. The van der Waals surface area contributed by atoms with Crippen molar-refractivity contribution in [2.24, 2.45) is 0 Å². The second kappa shape index (κ2) is 6.89. The average Bonchev–Trinajstić information content (AvgIpc) is 2.46. The summed E-state index contributed by atoms with van der Waals surface area (Å²) in [5.74, 6) is 0.332. The van der Waals surface area contributed by atoms with E-state index in [0.717, 1.165) is 39.0 Å². The van der Waals surface area contributed by atoms with Crippen molar-refractivity contribution < 1.29 is 4.79 Å². The standard InChI is InChI=1S/C17H26N2O/c1-4-5-16(15-7-6-13(2)12-14(15)3)17(20)19-10-8-18-9-11-19/h6-7,12,16,18H,4-5,8-11H2,1-3H3. The molecule has 1 aliphatic heterocycles. The van der Waals surface area contributed by atoms with Gasteiger partial charge in [0, 0.05) is 26.2 Å². The second-order valence-electron chi connectivity index (χ2n) is 5.78. The zero-order chi connectivity index (χ0) is 14.5. The zero-order valence-electron chi connectivity index (χ0n) is 12.9. The molecule has 2 rings (SSSR count). The van der Waals surface area contributed by atoms with Crippen molar-refractivity contribution in [3.8, 4) is 0 Å². The van der Waals surface area contributed by atoms with Crippen LogP contribution in [0.2, 0.25) is 0 Å². The maximum absolute atomic E-state index is 12.8. The van der Waals surface area contributed by atoms with Crippen molar-refractivity contribution in [1.29, 1.82) is 0 Å². The largest absolute Gasteiger partial charge is 0.340 e. The van der Waals surface area contributed by atoms with Crippen LogP contribution in [0, 0.1) is 13.8 Å². The SMILES string of the molecule is CCCC(C(=O)N1CCNCC1)c1ccc(C)cc1C. The number of nitrogens with zero attached hydrogens (tertiary/aromatic N) is 1. The molecule has 3 heteroatoms. The highest BCUT2D eigenvalue weighted by molar-refractivity contribution is 5.84. The Labute approximate surface area is 122 Å². The predicted molar refractivity (Wildman–Crippen MR) is 83.0 cm³/mol. The van der Waals surface area contributed by atoms with Crippen LogP contribution in [0.1, 0.15) is 42.4 Å². The van der Waals surface area contributed by atoms with Crippen molar-refractivity contribution in [3.63, 3.8) is 0 Å². The van der Waals surface area contributed by atoms with Crippen molar-refractivity contribution in [2.75, 3.05) is 26.2 Å². The van der Waals surface area contributed by atoms with Gasteiger partial charge in [0.15, 0.2) is 0 Å². The first-order valence-corrected chi connectivity index (χ1v) is 7.70. The molecule has 1 aromatic rings. The highest BCUT2D eigenvalue weighted by Crippen LogP contribution is 2.27. The van der Waals surface area contributed by atoms with Crippen molar-refractivity contribution in [3.05, 3.63) is 34.9 Å². The molecule has 1 fully saturated rings. The van der Waals surface area contributed by atoms with Gasteiger partial charge in [-0.3, -0.25) is 4.79 Å². The molecule has 3 nitrogen and oxygen atoms in total. The summed E-state index contributed by atoms with van der Waals surface area (Å²) in [5.41, 5.74) is 3.71. The molecule has 20 heavy (non-hydrogen) atoms. The van der Waals surface area contributed by atoms with Crippen LogP contribution in [0.25, 0.3) is 0 Å². The Morgan fingerprint density at radius 2 is 2.00 bits per heavy atom. The molecule has 0 saturated carbocycles. The van der Waals surface area contributed by atoms with Crippen LogP contribution in [0.5, 0.6) is 0 Å². The number of benzene rings is 1. The van der Waals surface area contributed by atoms with Gasteiger partial charge in [-0.1, -0.05) is 37.1 Å². The molecule has 1 aromatic carbocycles. The lowest BCUT2D eigenvalue weighted by molar-refractivity contribution is -0.133. The van der Waals surface area contributed by atoms with Crippen molar-refractivity contribution in [1.82, 2.24) is 10.2 Å². The lowest BCUT2D eigenvalue weighted by atomic mass is 9.89. The fourth-order valence-electron chi connectivity index (χ4n) is 3.02. The number of nitrogens with one attached hydrogen (secondary N) is 1. The van der Waals surface area contributed by atoms with Gasteiger partial charge in [-0.25, -0.2) is 0 Å². The molecule has 0 radical (unpaired) electrons. The van der Waals surface area contributed by atoms with E-state index in [1.54, 1.807) is 0 Å². The maximum atomic E-state index is 12.8. The Bertz CT molecular complexity index is 464. The van der Waals surface area contributed by atoms with Gasteiger partial charge in [0.1, 0.15) is 0 Å². The van der Waals surface area contributed by atoms with E-state index >= 15 is 0 Å². The number of hydrogen-bond donors (Lipinski definition) is 1. The molecule has 0 aromatic heterocycles. The van der Waals surface area contributed by atoms with E-state index < -0.39 is 0 Å². The lowest BCUT2D eigenvalue weighted by Gasteiger charge is -2.31. The number of rotatable bonds is 4. The summed E-state index contributed by atoms with van der Waals surface area (Å²) < 4.78 is 0. The number of carbonyl (C=O) groups excluding carboxylic acids is 1. The second-order valence-corrected chi connectivity index (χ2v) is 5.78. The van der Waals surface area contributed by atoms with E-state index in [2.05, 4.69) is 44.3 Å². The molecule has 1 N–H and O–H groups in total. The highest BCUT2D eigenvalue weighted by Gasteiger charge is 2.27. The predicted octanol–water partition coefficient (Wildman–Crippen LogP) is 2.62. The van der Waals surface area contributed by atoms with Gasteiger partial charge in [-0.2, -0.15) is 0 Å². The number of hydrogen-bond acceptors (Lipinski definition) is 2. The van der Waals surface area contributed by atoms with E-state index in [1.807, 2.05) is 4.90 Å². The molecule has 110 valence electrons. The summed E-state index contributed by atoms with van der Waals surface area (Å²) in [6.07, 6.45) is 1.97. The Morgan fingerprint density at radius 3 is 2.60 bits per heavy atom. The Kier molecular flexibility index (Phi) is 5.18. The fraction of sp³-hybridized carbons (Fsp3) is 0.588. The maximum Gasteiger partial charge on any atom is 0.230 e. The minimum absolute atomic E-state index is 0.0266. The topological polar surface area (TPSA) is 32.3 Å². The molecule has 1 atom stereocenters. The van der Waals surface area contributed by atoms with Crippen LogP contribution in [0.4, 0.5) is 0 Å². The minimum Gasteiger partial charge on any atom is -0.340 e. The lowest BCUT2D eigenvalue weighted by Crippen LogP contribution is -2.48. The Morgan fingerprint density at radius 1 is 1.30 bits per heavy atom. The zero-order valence-corrected chi connectivity index (χ0v) is 12.9. The number of carbonyl (C=O) groups is 1. The van der Waals surface area contributed by atoms with Crippen molar-refractivity contribution >= 4 is 5.91 Å². The van der Waals surface area contributed by atoms with Crippen LogP contribution < -0.4 is 5.32 Å². The molecule has 1 unspecified atom stereocenters. The van der Waals surface area contributed by atoms with Gasteiger partial charge in [0.2, 0.25) is 5.91 Å².